The van der Waals surface area contributed by atoms with Crippen LogP contribution in [0.2, 0.25) is 0 Å². The summed E-state index contributed by atoms with van der Waals surface area (Å²) < 4.78 is 26.9. The first-order valence-corrected chi connectivity index (χ1v) is 7.49. The molecule has 0 aromatic heterocycles. The summed E-state index contributed by atoms with van der Waals surface area (Å²) in [6.45, 7) is 5.27. The molecule has 0 radical (unpaired) electrons. The molecule has 0 amide bonds. The molecule has 2 N–H and O–H groups in total. The van der Waals surface area contributed by atoms with Gasteiger partial charge in [0.15, 0.2) is 11.6 Å². The molecule has 3 unspecified atom stereocenters. The van der Waals surface area contributed by atoms with Crippen LogP contribution in [0.5, 0.6) is 0 Å². The van der Waals surface area contributed by atoms with Crippen LogP contribution < -0.4 is 5.73 Å². The van der Waals surface area contributed by atoms with Gasteiger partial charge >= 0.3 is 0 Å². The van der Waals surface area contributed by atoms with Gasteiger partial charge in [0.1, 0.15) is 0 Å². The molecule has 1 aromatic rings. The lowest BCUT2D eigenvalue weighted by molar-refractivity contribution is 0.191. The van der Waals surface area contributed by atoms with Crippen LogP contribution in [-0.2, 0) is 0 Å². The number of rotatable bonds is 5. The van der Waals surface area contributed by atoms with E-state index in [4.69, 9.17) is 5.73 Å². The van der Waals surface area contributed by atoms with E-state index in [0.717, 1.165) is 19.0 Å². The standard InChI is InChI=1S/C16H24F2N2/c1-3-12-8-7-11(2)20(12)10-9-15(19)13-5-4-6-14(17)16(13)18/h4-6,11-12,15H,3,7-10,19H2,1-2H3. The highest BCUT2D eigenvalue weighted by molar-refractivity contribution is 5.22. The number of likely N-dealkylation sites (tertiary alicyclic amines) is 1. The lowest BCUT2D eigenvalue weighted by Gasteiger charge is -2.29. The zero-order valence-corrected chi connectivity index (χ0v) is 12.3. The summed E-state index contributed by atoms with van der Waals surface area (Å²) in [5.41, 5.74) is 6.32. The predicted molar refractivity (Wildman–Crippen MR) is 77.4 cm³/mol. The van der Waals surface area contributed by atoms with Gasteiger partial charge < -0.3 is 5.73 Å². The van der Waals surface area contributed by atoms with Gasteiger partial charge in [0.05, 0.1) is 0 Å². The summed E-state index contributed by atoms with van der Waals surface area (Å²) in [6, 6.07) is 4.94. The SMILES string of the molecule is CCC1CCC(C)N1CCC(N)c1cccc(F)c1F. The van der Waals surface area contributed by atoms with Crippen molar-refractivity contribution < 1.29 is 8.78 Å². The van der Waals surface area contributed by atoms with Crippen molar-refractivity contribution in [1.82, 2.24) is 4.90 Å². The molecule has 1 fully saturated rings. The van der Waals surface area contributed by atoms with E-state index < -0.39 is 17.7 Å². The van der Waals surface area contributed by atoms with Gasteiger partial charge in [-0.15, -0.1) is 0 Å². The van der Waals surface area contributed by atoms with Crippen molar-refractivity contribution >= 4 is 0 Å². The molecule has 0 saturated carbocycles. The maximum atomic E-state index is 13.7. The first-order valence-electron chi connectivity index (χ1n) is 7.49. The van der Waals surface area contributed by atoms with E-state index in [1.165, 1.54) is 18.9 Å². The van der Waals surface area contributed by atoms with Gasteiger partial charge in [0, 0.05) is 30.2 Å². The molecular weight excluding hydrogens is 258 g/mol. The monoisotopic (exact) mass is 282 g/mol. The first kappa shape index (κ1) is 15.4. The van der Waals surface area contributed by atoms with Crippen LogP contribution in [0.4, 0.5) is 8.78 Å². The Morgan fingerprint density at radius 3 is 2.80 bits per heavy atom. The molecule has 4 heteroatoms. The molecule has 20 heavy (non-hydrogen) atoms. The second-order valence-electron chi connectivity index (χ2n) is 5.76. The van der Waals surface area contributed by atoms with Crippen LogP contribution in [0, 0.1) is 11.6 Å². The molecule has 1 aromatic carbocycles. The number of halogens is 2. The summed E-state index contributed by atoms with van der Waals surface area (Å²) in [4.78, 5) is 2.46. The Kier molecular flexibility index (Phi) is 5.11. The Bertz CT molecular complexity index is 450. The molecule has 1 saturated heterocycles. The van der Waals surface area contributed by atoms with Gasteiger partial charge in [-0.1, -0.05) is 19.1 Å². The molecule has 112 valence electrons. The number of hydrogen-bond acceptors (Lipinski definition) is 2. The molecule has 0 aliphatic carbocycles. The van der Waals surface area contributed by atoms with Crippen LogP contribution in [0.25, 0.3) is 0 Å². The normalized spacial score (nSPS) is 25.1. The largest absolute Gasteiger partial charge is 0.324 e. The maximum absolute atomic E-state index is 13.7. The Hall–Kier alpha value is -1.00. The number of nitrogens with two attached hydrogens (primary N) is 1. The molecular formula is C16H24F2N2. The van der Waals surface area contributed by atoms with Gasteiger partial charge in [0.25, 0.3) is 0 Å². The zero-order valence-electron chi connectivity index (χ0n) is 12.3. The smallest absolute Gasteiger partial charge is 0.163 e. The van der Waals surface area contributed by atoms with E-state index in [1.54, 1.807) is 6.07 Å². The molecule has 2 rings (SSSR count). The van der Waals surface area contributed by atoms with Crippen LogP contribution >= 0.6 is 0 Å². The Morgan fingerprint density at radius 2 is 2.10 bits per heavy atom. The maximum Gasteiger partial charge on any atom is 0.163 e. The minimum atomic E-state index is -0.820. The number of hydrogen-bond donors (Lipinski definition) is 1. The first-order chi connectivity index (χ1) is 9.54. The Labute approximate surface area is 120 Å². The van der Waals surface area contributed by atoms with Crippen molar-refractivity contribution in [3.05, 3.63) is 35.4 Å². The van der Waals surface area contributed by atoms with Gasteiger partial charge in [-0.05, 0) is 38.7 Å². The molecule has 0 bridgehead atoms. The molecule has 1 heterocycles. The highest BCUT2D eigenvalue weighted by Crippen LogP contribution is 2.28. The Morgan fingerprint density at radius 1 is 1.35 bits per heavy atom. The van der Waals surface area contributed by atoms with Gasteiger partial charge in [0.2, 0.25) is 0 Å². The molecule has 3 atom stereocenters. The van der Waals surface area contributed by atoms with Crippen molar-refractivity contribution in [3.63, 3.8) is 0 Å². The fraction of sp³-hybridized carbons (Fsp3) is 0.625. The fourth-order valence-electron chi connectivity index (χ4n) is 3.22. The van der Waals surface area contributed by atoms with Gasteiger partial charge in [-0.2, -0.15) is 0 Å². The second kappa shape index (κ2) is 6.64. The fourth-order valence-corrected chi connectivity index (χ4v) is 3.22. The highest BCUT2D eigenvalue weighted by atomic mass is 19.2. The van der Waals surface area contributed by atoms with E-state index in [2.05, 4.69) is 18.7 Å². The van der Waals surface area contributed by atoms with E-state index in [9.17, 15) is 8.78 Å². The van der Waals surface area contributed by atoms with E-state index in [-0.39, 0.29) is 5.56 Å². The van der Waals surface area contributed by atoms with Gasteiger partial charge in [-0.3, -0.25) is 4.90 Å². The second-order valence-corrected chi connectivity index (χ2v) is 5.76. The average molecular weight is 282 g/mol. The minimum Gasteiger partial charge on any atom is -0.324 e. The summed E-state index contributed by atoms with van der Waals surface area (Å²) in [5, 5.41) is 0. The number of benzene rings is 1. The van der Waals surface area contributed by atoms with Crippen molar-refractivity contribution in [2.45, 2.75) is 57.7 Å². The third kappa shape index (κ3) is 3.18. The summed E-state index contributed by atoms with van der Waals surface area (Å²) in [7, 11) is 0. The molecule has 0 spiro atoms. The lowest BCUT2D eigenvalue weighted by atomic mass is 10.0. The minimum absolute atomic E-state index is 0.282. The van der Waals surface area contributed by atoms with Crippen LogP contribution in [-0.4, -0.2) is 23.5 Å². The molecule has 1 aliphatic rings. The summed E-state index contributed by atoms with van der Waals surface area (Å²) in [6.07, 6.45) is 4.22. The summed E-state index contributed by atoms with van der Waals surface area (Å²) in [5.74, 6) is -1.62. The quantitative estimate of drug-likeness (QED) is 0.893. The lowest BCUT2D eigenvalue weighted by Crippen LogP contribution is -2.36. The highest BCUT2D eigenvalue weighted by Gasteiger charge is 2.29. The van der Waals surface area contributed by atoms with Crippen molar-refractivity contribution in [3.8, 4) is 0 Å². The van der Waals surface area contributed by atoms with Gasteiger partial charge in [-0.25, -0.2) is 8.78 Å². The van der Waals surface area contributed by atoms with E-state index in [0.29, 0.717) is 18.5 Å². The van der Waals surface area contributed by atoms with Crippen molar-refractivity contribution in [2.75, 3.05) is 6.54 Å². The molecule has 1 aliphatic heterocycles. The number of nitrogens with zero attached hydrogens (tertiary/aromatic N) is 1. The third-order valence-corrected chi connectivity index (χ3v) is 4.50. The van der Waals surface area contributed by atoms with E-state index in [1.807, 2.05) is 0 Å². The van der Waals surface area contributed by atoms with Crippen LogP contribution in [0.3, 0.4) is 0 Å². The van der Waals surface area contributed by atoms with Crippen LogP contribution in [0.15, 0.2) is 18.2 Å². The average Bonchev–Trinajstić information content (AvgIpc) is 2.79. The predicted octanol–water partition coefficient (Wildman–Crippen LogP) is 3.62. The Balaban J connectivity index is 1.98. The van der Waals surface area contributed by atoms with Crippen molar-refractivity contribution in [2.24, 2.45) is 5.73 Å². The topological polar surface area (TPSA) is 29.3 Å². The third-order valence-electron chi connectivity index (χ3n) is 4.50. The van der Waals surface area contributed by atoms with E-state index >= 15 is 0 Å². The zero-order chi connectivity index (χ0) is 14.7. The summed E-state index contributed by atoms with van der Waals surface area (Å²) >= 11 is 0. The van der Waals surface area contributed by atoms with Crippen LogP contribution in [0.1, 0.15) is 51.1 Å². The molecule has 2 nitrogen and oxygen atoms in total. The van der Waals surface area contributed by atoms with Crippen molar-refractivity contribution in [1.29, 1.82) is 0 Å².